The molecular formula is C12H20N2S2. The zero-order chi connectivity index (χ0) is 11.5. The van der Waals surface area contributed by atoms with E-state index >= 15 is 0 Å². The number of hydrogen-bond acceptors (Lipinski definition) is 4. The monoisotopic (exact) mass is 256 g/mol. The van der Waals surface area contributed by atoms with Crippen LogP contribution in [0.4, 0.5) is 0 Å². The van der Waals surface area contributed by atoms with Crippen molar-refractivity contribution in [2.24, 2.45) is 0 Å². The first-order valence-corrected chi connectivity index (χ1v) is 8.13. The van der Waals surface area contributed by atoms with E-state index in [1.54, 1.807) is 0 Å². The van der Waals surface area contributed by atoms with Crippen LogP contribution in [0.5, 0.6) is 0 Å². The second-order valence-corrected chi connectivity index (χ2v) is 6.66. The van der Waals surface area contributed by atoms with E-state index in [0.717, 1.165) is 0 Å². The van der Waals surface area contributed by atoms with Crippen molar-refractivity contribution >= 4 is 23.1 Å². The summed E-state index contributed by atoms with van der Waals surface area (Å²) in [6, 6.07) is 1.14. The normalized spacial score (nSPS) is 21.8. The van der Waals surface area contributed by atoms with Crippen molar-refractivity contribution in [1.82, 2.24) is 10.3 Å². The Morgan fingerprint density at radius 2 is 2.44 bits per heavy atom. The van der Waals surface area contributed by atoms with Crippen LogP contribution in [-0.2, 0) is 6.42 Å². The van der Waals surface area contributed by atoms with Crippen molar-refractivity contribution in [3.8, 4) is 0 Å². The molecule has 0 bridgehead atoms. The van der Waals surface area contributed by atoms with Crippen LogP contribution in [0, 0.1) is 6.92 Å². The Balaban J connectivity index is 2.06. The SMILES string of the molecule is CSCC(C)NC1CCCc2nc(C)sc21. The molecule has 0 aliphatic heterocycles. The van der Waals surface area contributed by atoms with Crippen molar-refractivity contribution in [2.75, 3.05) is 12.0 Å². The van der Waals surface area contributed by atoms with Crippen molar-refractivity contribution in [3.05, 3.63) is 15.6 Å². The molecule has 0 saturated heterocycles. The molecule has 1 aromatic heterocycles. The molecule has 2 atom stereocenters. The molecule has 0 fully saturated rings. The molecule has 0 amide bonds. The molecule has 1 aliphatic carbocycles. The summed E-state index contributed by atoms with van der Waals surface area (Å²) in [4.78, 5) is 6.12. The number of aromatic nitrogens is 1. The number of thiazole rings is 1. The first-order chi connectivity index (χ1) is 7.70. The number of thioether (sulfide) groups is 1. The first-order valence-electron chi connectivity index (χ1n) is 5.92. The third-order valence-electron chi connectivity index (χ3n) is 2.96. The minimum atomic E-state index is 0.553. The fraction of sp³-hybridized carbons (Fsp3) is 0.750. The standard InChI is InChI=1S/C12H20N2S2/c1-8(7-15-3)13-10-5-4-6-11-12(10)16-9(2)14-11/h8,10,13H,4-7H2,1-3H3. The highest BCUT2D eigenvalue weighted by Gasteiger charge is 2.24. The van der Waals surface area contributed by atoms with Crippen molar-refractivity contribution < 1.29 is 0 Å². The molecule has 90 valence electrons. The van der Waals surface area contributed by atoms with Gasteiger partial charge in [0.05, 0.1) is 10.7 Å². The molecule has 2 unspecified atom stereocenters. The van der Waals surface area contributed by atoms with Gasteiger partial charge in [0.25, 0.3) is 0 Å². The van der Waals surface area contributed by atoms with Gasteiger partial charge < -0.3 is 5.32 Å². The average Bonchev–Trinajstić information content (AvgIpc) is 2.60. The quantitative estimate of drug-likeness (QED) is 0.895. The van der Waals surface area contributed by atoms with Gasteiger partial charge in [-0.1, -0.05) is 0 Å². The predicted octanol–water partition coefficient (Wildman–Crippen LogP) is 3.17. The summed E-state index contributed by atoms with van der Waals surface area (Å²) in [6.07, 6.45) is 5.89. The maximum Gasteiger partial charge on any atom is 0.0900 e. The highest BCUT2D eigenvalue weighted by molar-refractivity contribution is 7.98. The van der Waals surface area contributed by atoms with Crippen molar-refractivity contribution in [1.29, 1.82) is 0 Å². The molecule has 4 heteroatoms. The molecule has 2 nitrogen and oxygen atoms in total. The lowest BCUT2D eigenvalue weighted by molar-refractivity contribution is 0.430. The van der Waals surface area contributed by atoms with E-state index in [0.29, 0.717) is 12.1 Å². The highest BCUT2D eigenvalue weighted by atomic mass is 32.2. The van der Waals surface area contributed by atoms with Gasteiger partial charge in [-0.15, -0.1) is 11.3 Å². The molecule has 0 spiro atoms. The Morgan fingerprint density at radius 1 is 1.62 bits per heavy atom. The Kier molecular flexibility index (Phi) is 4.27. The van der Waals surface area contributed by atoms with Crippen LogP contribution in [0.25, 0.3) is 0 Å². The number of nitrogens with zero attached hydrogens (tertiary/aromatic N) is 1. The van der Waals surface area contributed by atoms with Crippen molar-refractivity contribution in [3.63, 3.8) is 0 Å². The lowest BCUT2D eigenvalue weighted by atomic mass is 9.97. The van der Waals surface area contributed by atoms with Gasteiger partial charge in [-0.2, -0.15) is 11.8 Å². The minimum Gasteiger partial charge on any atom is -0.306 e. The summed E-state index contributed by atoms with van der Waals surface area (Å²) in [7, 11) is 0. The maximum absolute atomic E-state index is 4.63. The van der Waals surface area contributed by atoms with Gasteiger partial charge in [-0.3, -0.25) is 0 Å². The van der Waals surface area contributed by atoms with Crippen LogP contribution < -0.4 is 5.32 Å². The number of fused-ring (bicyclic) bond motifs is 1. The van der Waals surface area contributed by atoms with Gasteiger partial charge >= 0.3 is 0 Å². The number of aryl methyl sites for hydroxylation is 2. The summed E-state index contributed by atoms with van der Waals surface area (Å²) < 4.78 is 0. The Bertz CT molecular complexity index is 349. The lowest BCUT2D eigenvalue weighted by Gasteiger charge is -2.25. The summed E-state index contributed by atoms with van der Waals surface area (Å²) >= 11 is 3.79. The van der Waals surface area contributed by atoms with E-state index in [1.165, 1.54) is 40.6 Å². The average molecular weight is 256 g/mol. The fourth-order valence-electron chi connectivity index (χ4n) is 2.34. The molecule has 0 aromatic carbocycles. The second-order valence-electron chi connectivity index (χ2n) is 4.51. The van der Waals surface area contributed by atoms with Crippen LogP contribution in [0.15, 0.2) is 0 Å². The maximum atomic E-state index is 4.63. The number of hydrogen-bond donors (Lipinski definition) is 1. The summed E-state index contributed by atoms with van der Waals surface area (Å²) in [5.41, 5.74) is 1.35. The van der Waals surface area contributed by atoms with E-state index in [4.69, 9.17) is 0 Å². The Labute approximate surface area is 106 Å². The molecule has 1 N–H and O–H groups in total. The Morgan fingerprint density at radius 3 is 3.19 bits per heavy atom. The van der Waals surface area contributed by atoms with E-state index in [-0.39, 0.29) is 0 Å². The van der Waals surface area contributed by atoms with Crippen molar-refractivity contribution in [2.45, 2.75) is 45.2 Å². The van der Waals surface area contributed by atoms with E-state index in [2.05, 4.69) is 30.4 Å². The van der Waals surface area contributed by atoms with Crippen LogP contribution in [0.2, 0.25) is 0 Å². The molecule has 1 heterocycles. The number of nitrogens with one attached hydrogen (secondary N) is 1. The van der Waals surface area contributed by atoms with Gasteiger partial charge in [-0.05, 0) is 39.4 Å². The molecule has 1 aromatic rings. The zero-order valence-electron chi connectivity index (χ0n) is 10.2. The highest BCUT2D eigenvalue weighted by Crippen LogP contribution is 2.34. The molecule has 1 aliphatic rings. The largest absolute Gasteiger partial charge is 0.306 e. The molecule has 0 saturated carbocycles. The van der Waals surface area contributed by atoms with Crippen LogP contribution in [0.3, 0.4) is 0 Å². The first kappa shape index (κ1) is 12.4. The van der Waals surface area contributed by atoms with Gasteiger partial charge in [0.1, 0.15) is 0 Å². The fourth-order valence-corrected chi connectivity index (χ4v) is 4.01. The van der Waals surface area contributed by atoms with E-state index in [1.807, 2.05) is 23.1 Å². The van der Waals surface area contributed by atoms with Gasteiger partial charge in [-0.25, -0.2) is 4.98 Å². The third kappa shape index (κ3) is 2.79. The lowest BCUT2D eigenvalue weighted by Crippen LogP contribution is -2.33. The smallest absolute Gasteiger partial charge is 0.0900 e. The molecule has 2 rings (SSSR count). The molecular weight excluding hydrogens is 236 g/mol. The van der Waals surface area contributed by atoms with E-state index in [9.17, 15) is 0 Å². The second kappa shape index (κ2) is 5.52. The van der Waals surface area contributed by atoms with Crippen LogP contribution in [-0.4, -0.2) is 23.0 Å². The predicted molar refractivity (Wildman–Crippen MR) is 73.5 cm³/mol. The molecule has 16 heavy (non-hydrogen) atoms. The third-order valence-corrected chi connectivity index (χ3v) is 4.92. The van der Waals surface area contributed by atoms with Gasteiger partial charge in [0, 0.05) is 22.7 Å². The summed E-state index contributed by atoms with van der Waals surface area (Å²) in [5.74, 6) is 1.18. The summed E-state index contributed by atoms with van der Waals surface area (Å²) in [6.45, 7) is 4.39. The topological polar surface area (TPSA) is 24.9 Å². The van der Waals surface area contributed by atoms with E-state index < -0.39 is 0 Å². The van der Waals surface area contributed by atoms with Gasteiger partial charge in [0.2, 0.25) is 0 Å². The zero-order valence-corrected chi connectivity index (χ0v) is 11.9. The van der Waals surface area contributed by atoms with Gasteiger partial charge in [0.15, 0.2) is 0 Å². The van der Waals surface area contributed by atoms with Crippen LogP contribution >= 0.6 is 23.1 Å². The summed E-state index contributed by atoms with van der Waals surface area (Å²) in [5, 5.41) is 4.96. The Hall–Kier alpha value is -0.0600. The molecule has 0 radical (unpaired) electrons. The minimum absolute atomic E-state index is 0.553. The number of rotatable bonds is 4. The van der Waals surface area contributed by atoms with Crippen LogP contribution in [0.1, 0.15) is 41.4 Å².